The van der Waals surface area contributed by atoms with E-state index in [0.29, 0.717) is 89.3 Å². The number of allylic oxidation sites excluding steroid dienone is 1. The second kappa shape index (κ2) is 30.7. The topological polar surface area (TPSA) is 281 Å². The Morgan fingerprint density at radius 2 is 1.36 bits per heavy atom. The molecule has 5 fully saturated rings. The van der Waals surface area contributed by atoms with Gasteiger partial charge in [-0.15, -0.1) is 0 Å². The fraction of sp³-hybridized carbons (Fsp3) is 0.646. The summed E-state index contributed by atoms with van der Waals surface area (Å²) in [5, 5.41) is 22.8. The van der Waals surface area contributed by atoms with Gasteiger partial charge in [0.2, 0.25) is 23.6 Å². The van der Waals surface area contributed by atoms with Gasteiger partial charge < -0.3 is 50.1 Å². The Bertz CT molecular complexity index is 2780. The van der Waals surface area contributed by atoms with Crippen LogP contribution in [0, 0.1) is 23.7 Å². The molecule has 4 amide bonds. The van der Waals surface area contributed by atoms with Crippen LogP contribution >= 0.6 is 0 Å². The average molecular weight is 1200 g/mol. The van der Waals surface area contributed by atoms with Crippen LogP contribution < -0.4 is 26.0 Å². The highest BCUT2D eigenvalue weighted by atomic mass is 16.6. The Morgan fingerprint density at radius 3 is 1.98 bits per heavy atom. The number of aliphatic hydroxyl groups excluding tert-OH is 1. The van der Waals surface area contributed by atoms with Crippen molar-refractivity contribution in [2.75, 3.05) is 91.3 Å². The molecule has 86 heavy (non-hydrogen) atoms. The van der Waals surface area contributed by atoms with Crippen molar-refractivity contribution in [2.45, 2.75) is 159 Å². The van der Waals surface area contributed by atoms with Crippen molar-refractivity contribution in [3.8, 4) is 5.75 Å². The van der Waals surface area contributed by atoms with E-state index < -0.39 is 64.9 Å². The molecule has 0 radical (unpaired) electrons. The summed E-state index contributed by atoms with van der Waals surface area (Å²) in [4.78, 5) is 123. The number of aliphatic hydroxyl groups is 1. The number of carbonyl (C=O) groups excluding carboxylic acids is 9. The van der Waals surface area contributed by atoms with Crippen molar-refractivity contribution < 1.29 is 71.9 Å². The zero-order valence-electron chi connectivity index (χ0n) is 50.9. The van der Waals surface area contributed by atoms with Crippen molar-refractivity contribution in [1.82, 2.24) is 25.8 Å². The van der Waals surface area contributed by atoms with Crippen LogP contribution in [0.1, 0.15) is 134 Å². The first kappa shape index (κ1) is 65.9. The molecule has 1 saturated carbocycles. The fourth-order valence-corrected chi connectivity index (χ4v) is 12.3. The Hall–Kier alpha value is -6.07. The number of nitrogens with one attached hydrogen (secondary N) is 4. The summed E-state index contributed by atoms with van der Waals surface area (Å²) in [7, 11) is 1.53. The third-order valence-corrected chi connectivity index (χ3v) is 17.9. The van der Waals surface area contributed by atoms with Gasteiger partial charge in [-0.2, -0.15) is 0 Å². The predicted octanol–water partition coefficient (Wildman–Crippen LogP) is 4.52. The summed E-state index contributed by atoms with van der Waals surface area (Å²) in [6.07, 6.45) is 10.4. The number of ketones is 5. The lowest BCUT2D eigenvalue weighted by atomic mass is 9.81. The molecule has 9 rings (SSSR count). The molecule has 0 unspecified atom stereocenters. The average Bonchev–Trinajstić information content (AvgIpc) is 2.63. The normalized spacial score (nSPS) is 23.7. The highest BCUT2D eigenvalue weighted by Gasteiger charge is 2.52. The maximum Gasteiger partial charge on any atom is 0.234 e. The molecular weight excluding hydrogens is 1100 g/mol. The van der Waals surface area contributed by atoms with Gasteiger partial charge in [-0.1, -0.05) is 68.5 Å². The predicted molar refractivity (Wildman–Crippen MR) is 318 cm³/mol. The maximum absolute atomic E-state index is 14.0. The molecular formula is C65H90N6O15. The number of hydrogen-bond acceptors (Lipinski definition) is 17. The molecule has 5 aliphatic heterocycles. The third kappa shape index (κ3) is 19.0. The molecule has 4 saturated heterocycles. The lowest BCUT2D eigenvalue weighted by molar-refractivity contribution is -0.137. The summed E-state index contributed by atoms with van der Waals surface area (Å²) >= 11 is 0. The number of carbonyl (C=O) groups is 9. The number of benzene rings is 2. The number of Topliss-reactive ketones (excluding diaryl/α,β-unsaturated/α-hetero) is 5. The fourth-order valence-electron chi connectivity index (χ4n) is 12.3. The van der Waals surface area contributed by atoms with Gasteiger partial charge in [0.1, 0.15) is 22.7 Å². The maximum atomic E-state index is 14.0. The first-order valence-electron chi connectivity index (χ1n) is 31.0. The first-order valence-corrected chi connectivity index (χ1v) is 31.0. The summed E-state index contributed by atoms with van der Waals surface area (Å²) in [6.45, 7) is 12.8. The molecule has 9 atom stereocenters. The minimum Gasteiger partial charge on any atom is -0.497 e. The van der Waals surface area contributed by atoms with Crippen LogP contribution in [0.2, 0.25) is 0 Å². The number of rotatable bonds is 30. The Kier molecular flexibility index (Phi) is 23.5. The van der Waals surface area contributed by atoms with Crippen LogP contribution in [0.5, 0.6) is 5.75 Å². The molecule has 5 heterocycles. The third-order valence-electron chi connectivity index (χ3n) is 17.9. The number of anilines is 1. The number of ether oxygens (including phenoxy) is 5. The van der Waals surface area contributed by atoms with Gasteiger partial charge in [0.15, 0.2) is 23.1 Å². The Morgan fingerprint density at radius 1 is 0.733 bits per heavy atom. The molecule has 0 spiro atoms. The van der Waals surface area contributed by atoms with E-state index in [2.05, 4.69) is 27.3 Å². The van der Waals surface area contributed by atoms with Crippen LogP contribution in [-0.4, -0.2) is 183 Å². The monoisotopic (exact) mass is 1190 g/mol. The minimum atomic E-state index is -1.34. The molecule has 0 bridgehead atoms. The van der Waals surface area contributed by atoms with E-state index in [1.807, 2.05) is 28.0 Å². The van der Waals surface area contributed by atoms with Crippen LogP contribution in [0.15, 0.2) is 54.1 Å². The SMILES string of the molecule is COc1ccc([C@@H](O)[C@H](CC(=O)[C@H](C)NC(=O)CN2CCOCC2)C(=O)N[C@@H](CC2=CCCCC2)C(=O)[C@@]2(C)CO2)cc1.C[C@H](CC(=O)CN1CCOCC1)C(=O)N[C@@H](Cc1ccc2c(c1)CC(=O)N2)C(=O)C[C@@H](CC1CCCC1)C(=O)[C@@]1(C)CO1. The molecule has 2 aromatic carbocycles. The van der Waals surface area contributed by atoms with Crippen molar-refractivity contribution >= 4 is 58.2 Å². The van der Waals surface area contributed by atoms with E-state index in [1.165, 1.54) is 7.11 Å². The van der Waals surface area contributed by atoms with E-state index in [0.717, 1.165) is 73.8 Å². The summed E-state index contributed by atoms with van der Waals surface area (Å²) < 4.78 is 26.8. The summed E-state index contributed by atoms with van der Waals surface area (Å²) in [5.41, 5.74) is 2.19. The number of morpholine rings is 2. The standard InChI is InChI=1S/C33H45N3O7.C32H45N3O8/c1-21(13-26(37)19-36-9-11-42-12-10-36)32(41)35-28(16-23-7-8-27-24(15-23)18-30(39)34-27)29(38)17-25(14-22-5-3-4-6-22)31(40)33(2)20-43-33;1-21(33-28(37)19-35-13-15-42-16-14-35)27(36)18-25(29(38)23-9-11-24(41-3)12-10-23)31(40)34-26(30(39)32(2)20-43-32)17-22-7-5-4-6-8-22/h7-8,15,21-22,25,28H,3-6,9-14,16-20H2,1-2H3,(H,34,39)(H,35,41);7,9-12,21,25-26,29,38H,4-6,8,13-20H2,1-3H3,(H,33,37)(H,34,40)/t21-,25-,28+,33-;21-,25-,26-,29+,32+/m10/s1. The molecule has 470 valence electrons. The molecule has 5 N–H and O–H groups in total. The van der Waals surface area contributed by atoms with Gasteiger partial charge in [0.25, 0.3) is 0 Å². The van der Waals surface area contributed by atoms with Crippen molar-refractivity contribution in [1.29, 1.82) is 0 Å². The lowest BCUT2D eigenvalue weighted by Crippen LogP contribution is -2.50. The van der Waals surface area contributed by atoms with Crippen LogP contribution in [-0.2, 0) is 74.9 Å². The summed E-state index contributed by atoms with van der Waals surface area (Å²) in [6, 6.07) is 9.58. The Labute approximate surface area is 505 Å². The smallest absolute Gasteiger partial charge is 0.234 e. The number of amides is 4. The molecule has 2 aliphatic carbocycles. The van der Waals surface area contributed by atoms with E-state index in [9.17, 15) is 48.3 Å². The minimum absolute atomic E-state index is 0.0249. The van der Waals surface area contributed by atoms with E-state index in [-0.39, 0.29) is 92.7 Å². The van der Waals surface area contributed by atoms with Crippen molar-refractivity contribution in [3.63, 3.8) is 0 Å². The van der Waals surface area contributed by atoms with Crippen LogP contribution in [0.4, 0.5) is 5.69 Å². The van der Waals surface area contributed by atoms with Gasteiger partial charge in [0.05, 0.1) is 96.4 Å². The second-order valence-electron chi connectivity index (χ2n) is 25.1. The van der Waals surface area contributed by atoms with Gasteiger partial charge >= 0.3 is 0 Å². The van der Waals surface area contributed by atoms with Gasteiger partial charge in [-0.05, 0) is 107 Å². The first-order chi connectivity index (χ1) is 41.2. The number of nitrogens with zero attached hydrogens (tertiary/aromatic N) is 2. The number of methoxy groups -OCH3 is 1. The Balaban J connectivity index is 0.000000223. The molecule has 2 aromatic rings. The molecule has 0 aromatic heterocycles. The molecule has 21 heteroatoms. The number of epoxide rings is 2. The van der Waals surface area contributed by atoms with Crippen molar-refractivity contribution in [2.24, 2.45) is 23.7 Å². The number of hydrogen-bond donors (Lipinski definition) is 5. The zero-order valence-corrected chi connectivity index (χ0v) is 50.9. The van der Waals surface area contributed by atoms with E-state index in [1.54, 1.807) is 52.0 Å². The summed E-state index contributed by atoms with van der Waals surface area (Å²) in [5.74, 6) is -3.51. The van der Waals surface area contributed by atoms with Gasteiger partial charge in [0, 0.05) is 63.0 Å². The number of fused-ring (bicyclic) bond motifs is 1. The van der Waals surface area contributed by atoms with E-state index >= 15 is 0 Å². The lowest BCUT2D eigenvalue weighted by Gasteiger charge is -2.28. The van der Waals surface area contributed by atoms with Crippen LogP contribution in [0.3, 0.4) is 0 Å². The molecule has 7 aliphatic rings. The van der Waals surface area contributed by atoms with Gasteiger partial charge in [-0.3, -0.25) is 53.0 Å². The second-order valence-corrected chi connectivity index (χ2v) is 25.1. The molecule has 21 nitrogen and oxygen atoms in total. The van der Waals surface area contributed by atoms with Gasteiger partial charge in [-0.25, -0.2) is 0 Å². The highest BCUT2D eigenvalue weighted by Crippen LogP contribution is 2.38. The van der Waals surface area contributed by atoms with Crippen molar-refractivity contribution in [3.05, 3.63) is 70.8 Å². The van der Waals surface area contributed by atoms with Crippen LogP contribution in [0.25, 0.3) is 0 Å². The zero-order chi connectivity index (χ0) is 61.5. The quantitative estimate of drug-likeness (QED) is 0.0531. The van der Waals surface area contributed by atoms with E-state index in [4.69, 9.17) is 23.7 Å². The highest BCUT2D eigenvalue weighted by molar-refractivity contribution is 6.00. The largest absolute Gasteiger partial charge is 0.497 e.